The van der Waals surface area contributed by atoms with E-state index in [1.54, 1.807) is 12.1 Å². The summed E-state index contributed by atoms with van der Waals surface area (Å²) in [6, 6.07) is 4.42. The molecule has 0 aliphatic rings. The molecule has 104 valence electrons. The molecule has 0 aliphatic heterocycles. The average Bonchev–Trinajstić information content (AvgIpc) is 2.37. The number of benzene rings is 1. The first-order valence-electron chi connectivity index (χ1n) is 6.17. The van der Waals surface area contributed by atoms with Gasteiger partial charge in [0, 0.05) is 10.0 Å². The number of nitrogens with one attached hydrogen (secondary N) is 1. The molecular weight excluding hydrogens is 310 g/mol. The van der Waals surface area contributed by atoms with E-state index in [1.165, 1.54) is 0 Å². The molecule has 0 aliphatic carbocycles. The minimum Gasteiger partial charge on any atom is -0.480 e. The van der Waals surface area contributed by atoms with Crippen LogP contribution in [0.15, 0.2) is 22.7 Å². The van der Waals surface area contributed by atoms with Crippen LogP contribution in [-0.2, 0) is 4.79 Å². The van der Waals surface area contributed by atoms with Crippen LogP contribution in [0, 0.1) is 12.8 Å². The number of hydrogen-bond acceptors (Lipinski definition) is 2. The van der Waals surface area contributed by atoms with Crippen molar-refractivity contribution in [2.45, 2.75) is 33.2 Å². The summed E-state index contributed by atoms with van der Waals surface area (Å²) in [6.07, 6.45) is 0.689. The van der Waals surface area contributed by atoms with Crippen LogP contribution in [0.25, 0.3) is 0 Å². The molecule has 19 heavy (non-hydrogen) atoms. The summed E-state index contributed by atoms with van der Waals surface area (Å²) in [6.45, 7) is 5.53. The highest BCUT2D eigenvalue weighted by atomic mass is 79.9. The van der Waals surface area contributed by atoms with Crippen LogP contribution in [0.1, 0.15) is 36.2 Å². The Hall–Kier alpha value is -1.36. The van der Waals surface area contributed by atoms with E-state index < -0.39 is 12.0 Å². The van der Waals surface area contributed by atoms with Crippen LogP contribution in [0.5, 0.6) is 0 Å². The smallest absolute Gasteiger partial charge is 0.326 e. The van der Waals surface area contributed by atoms with Crippen molar-refractivity contribution in [3.05, 3.63) is 33.8 Å². The first-order valence-corrected chi connectivity index (χ1v) is 6.96. The van der Waals surface area contributed by atoms with Crippen LogP contribution in [0.2, 0.25) is 0 Å². The van der Waals surface area contributed by atoms with Crippen LogP contribution in [0.3, 0.4) is 0 Å². The predicted molar refractivity (Wildman–Crippen MR) is 77.2 cm³/mol. The number of halogens is 1. The number of amides is 1. The Morgan fingerprint density at radius 2 is 2.05 bits per heavy atom. The number of hydrogen-bond donors (Lipinski definition) is 2. The molecule has 0 saturated heterocycles. The van der Waals surface area contributed by atoms with E-state index in [9.17, 15) is 14.7 Å². The number of carbonyl (C=O) groups is 2. The molecule has 2 N–H and O–H groups in total. The van der Waals surface area contributed by atoms with Gasteiger partial charge >= 0.3 is 5.97 Å². The van der Waals surface area contributed by atoms with Crippen molar-refractivity contribution in [1.82, 2.24) is 5.32 Å². The van der Waals surface area contributed by atoms with Gasteiger partial charge in [-0.15, -0.1) is 0 Å². The largest absolute Gasteiger partial charge is 0.480 e. The average molecular weight is 328 g/mol. The molecule has 1 rings (SSSR count). The van der Waals surface area contributed by atoms with Crippen LogP contribution in [-0.4, -0.2) is 23.0 Å². The normalized spacial score (nSPS) is 13.7. The highest BCUT2D eigenvalue weighted by Gasteiger charge is 2.26. The van der Waals surface area contributed by atoms with Gasteiger partial charge in [-0.2, -0.15) is 0 Å². The predicted octanol–water partition coefficient (Wildman–Crippen LogP) is 2.99. The van der Waals surface area contributed by atoms with Gasteiger partial charge in [0.25, 0.3) is 5.91 Å². The summed E-state index contributed by atoms with van der Waals surface area (Å²) < 4.78 is 0.829. The number of carboxylic acid groups (broad SMARTS) is 1. The Morgan fingerprint density at radius 3 is 2.58 bits per heavy atom. The summed E-state index contributed by atoms with van der Waals surface area (Å²) >= 11 is 3.36. The van der Waals surface area contributed by atoms with Crippen LogP contribution < -0.4 is 5.32 Å². The molecule has 0 heterocycles. The quantitative estimate of drug-likeness (QED) is 0.873. The van der Waals surface area contributed by atoms with Gasteiger partial charge in [-0.25, -0.2) is 4.79 Å². The highest BCUT2D eigenvalue weighted by Crippen LogP contribution is 2.20. The monoisotopic (exact) mass is 327 g/mol. The van der Waals surface area contributed by atoms with Gasteiger partial charge in [0.2, 0.25) is 0 Å². The number of rotatable bonds is 5. The maximum atomic E-state index is 12.2. The van der Waals surface area contributed by atoms with Gasteiger partial charge in [-0.05, 0) is 30.5 Å². The van der Waals surface area contributed by atoms with E-state index in [1.807, 2.05) is 26.8 Å². The van der Waals surface area contributed by atoms with Gasteiger partial charge in [0.15, 0.2) is 0 Å². The van der Waals surface area contributed by atoms with Crippen LogP contribution in [0.4, 0.5) is 0 Å². The van der Waals surface area contributed by atoms with Gasteiger partial charge < -0.3 is 10.4 Å². The molecular formula is C14H18BrNO3. The summed E-state index contributed by atoms with van der Waals surface area (Å²) in [5, 5.41) is 11.8. The third kappa shape index (κ3) is 3.80. The fraction of sp³-hybridized carbons (Fsp3) is 0.429. The zero-order valence-corrected chi connectivity index (χ0v) is 12.8. The minimum absolute atomic E-state index is 0.117. The Bertz CT molecular complexity index is 488. The lowest BCUT2D eigenvalue weighted by atomic mass is 9.98. The van der Waals surface area contributed by atoms with Crippen molar-refractivity contribution < 1.29 is 14.7 Å². The molecule has 0 radical (unpaired) electrons. The second kappa shape index (κ2) is 6.70. The molecule has 4 nitrogen and oxygen atoms in total. The second-order valence-corrected chi connectivity index (χ2v) is 5.44. The number of carbonyl (C=O) groups excluding carboxylic acids is 1. The summed E-state index contributed by atoms with van der Waals surface area (Å²) in [7, 11) is 0. The van der Waals surface area contributed by atoms with Crippen molar-refractivity contribution in [2.24, 2.45) is 5.92 Å². The summed E-state index contributed by atoms with van der Waals surface area (Å²) in [4.78, 5) is 23.4. The van der Waals surface area contributed by atoms with Crippen molar-refractivity contribution >= 4 is 27.8 Å². The van der Waals surface area contributed by atoms with Crippen molar-refractivity contribution in [1.29, 1.82) is 0 Å². The lowest BCUT2D eigenvalue weighted by Gasteiger charge is -2.20. The molecule has 0 spiro atoms. The van der Waals surface area contributed by atoms with Crippen molar-refractivity contribution in [3.63, 3.8) is 0 Å². The number of carboxylic acids is 1. The first kappa shape index (κ1) is 15.7. The third-order valence-corrected chi connectivity index (χ3v) is 4.14. The van der Waals surface area contributed by atoms with E-state index in [-0.39, 0.29) is 11.8 Å². The number of aliphatic carboxylic acids is 1. The molecule has 5 heteroatoms. The van der Waals surface area contributed by atoms with Gasteiger partial charge in [-0.1, -0.05) is 42.3 Å². The molecule has 1 aromatic carbocycles. The topological polar surface area (TPSA) is 66.4 Å². The maximum absolute atomic E-state index is 12.2. The maximum Gasteiger partial charge on any atom is 0.326 e. The van der Waals surface area contributed by atoms with Gasteiger partial charge in [-0.3, -0.25) is 4.79 Å². The van der Waals surface area contributed by atoms with E-state index in [2.05, 4.69) is 21.2 Å². The Balaban J connectivity index is 2.94. The Morgan fingerprint density at radius 1 is 1.42 bits per heavy atom. The standard InChI is InChI=1S/C14H18BrNO3/c1-4-8(2)12(14(18)19)16-13(17)10-6-5-7-11(15)9(10)3/h5-8,12H,4H2,1-3H3,(H,16,17)(H,18,19)/t8-,12-/m0/s1. The molecule has 0 saturated carbocycles. The molecule has 0 bridgehead atoms. The molecule has 0 fully saturated rings. The SMILES string of the molecule is CC[C@H](C)[C@H](NC(=O)c1cccc(Br)c1C)C(=O)O. The van der Waals surface area contributed by atoms with Crippen molar-refractivity contribution in [3.8, 4) is 0 Å². The van der Waals surface area contributed by atoms with Crippen molar-refractivity contribution in [2.75, 3.05) is 0 Å². The Labute approximate surface area is 121 Å². The molecule has 2 atom stereocenters. The van der Waals surface area contributed by atoms with E-state index >= 15 is 0 Å². The van der Waals surface area contributed by atoms with E-state index in [0.717, 1.165) is 10.0 Å². The fourth-order valence-corrected chi connectivity index (χ4v) is 2.12. The minimum atomic E-state index is -1.00. The third-order valence-electron chi connectivity index (χ3n) is 3.28. The summed E-state index contributed by atoms with van der Waals surface area (Å²) in [5.74, 6) is -1.48. The van der Waals surface area contributed by atoms with Crippen LogP contribution >= 0.6 is 15.9 Å². The Kier molecular flexibility index (Phi) is 5.54. The summed E-state index contributed by atoms with van der Waals surface area (Å²) in [5.41, 5.74) is 1.29. The highest BCUT2D eigenvalue weighted by molar-refractivity contribution is 9.10. The lowest BCUT2D eigenvalue weighted by Crippen LogP contribution is -2.45. The fourth-order valence-electron chi connectivity index (χ4n) is 1.76. The molecule has 1 aromatic rings. The first-order chi connectivity index (χ1) is 8.88. The molecule has 0 aromatic heterocycles. The van der Waals surface area contributed by atoms with E-state index in [4.69, 9.17) is 0 Å². The van der Waals surface area contributed by atoms with Gasteiger partial charge in [0.1, 0.15) is 6.04 Å². The van der Waals surface area contributed by atoms with E-state index in [0.29, 0.717) is 12.0 Å². The molecule has 0 unspecified atom stereocenters. The zero-order chi connectivity index (χ0) is 14.6. The zero-order valence-electron chi connectivity index (χ0n) is 11.2. The second-order valence-electron chi connectivity index (χ2n) is 4.59. The lowest BCUT2D eigenvalue weighted by molar-refractivity contribution is -0.140. The molecule has 1 amide bonds. The van der Waals surface area contributed by atoms with Gasteiger partial charge in [0.05, 0.1) is 0 Å².